The van der Waals surface area contributed by atoms with Crippen LogP contribution in [0, 0.1) is 11.8 Å². The predicted molar refractivity (Wildman–Crippen MR) is 83.6 cm³/mol. The average Bonchev–Trinajstić information content (AvgIpc) is 2.94. The highest BCUT2D eigenvalue weighted by molar-refractivity contribution is 5.86. The zero-order chi connectivity index (χ0) is 16.6. The third-order valence-corrected chi connectivity index (χ3v) is 5.92. The van der Waals surface area contributed by atoms with Gasteiger partial charge in [0.05, 0.1) is 0 Å². The molecule has 1 N–H and O–H groups in total. The maximum atomic E-state index is 13.0. The fraction of sp³-hybridized carbons (Fsp3) is 0.824. The number of rotatable bonds is 2. The molecule has 2 aliphatic heterocycles. The Balaban J connectivity index is 1.71. The van der Waals surface area contributed by atoms with E-state index in [4.69, 9.17) is 0 Å². The van der Waals surface area contributed by atoms with Gasteiger partial charge in [-0.3, -0.25) is 9.59 Å². The predicted octanol–water partition coefficient (Wildman–Crippen LogP) is 1.49. The van der Waals surface area contributed by atoms with Crippen LogP contribution < -0.4 is 0 Å². The van der Waals surface area contributed by atoms with Crippen LogP contribution in [0.3, 0.4) is 0 Å². The smallest absolute Gasteiger partial charge is 0.326 e. The molecular formula is C17H26N2O4. The Bertz CT molecular complexity index is 499. The number of aliphatic carboxylic acids is 1. The topological polar surface area (TPSA) is 77.9 Å². The van der Waals surface area contributed by atoms with E-state index in [1.165, 1.54) is 0 Å². The largest absolute Gasteiger partial charge is 0.480 e. The van der Waals surface area contributed by atoms with Crippen molar-refractivity contribution < 1.29 is 19.5 Å². The number of hydrogen-bond acceptors (Lipinski definition) is 3. The molecule has 3 aliphatic rings. The molecule has 6 nitrogen and oxygen atoms in total. The van der Waals surface area contributed by atoms with Crippen molar-refractivity contribution in [2.45, 2.75) is 64.0 Å². The van der Waals surface area contributed by atoms with E-state index < -0.39 is 12.0 Å². The van der Waals surface area contributed by atoms with Crippen LogP contribution in [0.4, 0.5) is 0 Å². The Morgan fingerprint density at radius 1 is 1.00 bits per heavy atom. The quantitative estimate of drug-likeness (QED) is 0.835. The summed E-state index contributed by atoms with van der Waals surface area (Å²) in [7, 11) is 0. The minimum Gasteiger partial charge on any atom is -0.480 e. The van der Waals surface area contributed by atoms with Crippen LogP contribution in [0.1, 0.15) is 51.9 Å². The van der Waals surface area contributed by atoms with Gasteiger partial charge in [0.2, 0.25) is 11.8 Å². The summed E-state index contributed by atoms with van der Waals surface area (Å²) < 4.78 is 0. The average molecular weight is 322 g/mol. The third-order valence-electron chi connectivity index (χ3n) is 5.92. The number of piperidine rings is 1. The fourth-order valence-electron chi connectivity index (χ4n) is 4.65. The van der Waals surface area contributed by atoms with E-state index in [2.05, 4.69) is 0 Å². The SMILES string of the molecule is CC(=O)N1CCC(C(=O)N2[C@H](C(=O)O)C[C@@H]3CCCC[C@@H]32)CC1. The van der Waals surface area contributed by atoms with Crippen LogP contribution >= 0.6 is 0 Å². The van der Waals surface area contributed by atoms with E-state index in [9.17, 15) is 19.5 Å². The summed E-state index contributed by atoms with van der Waals surface area (Å²) in [5.74, 6) is -0.587. The highest BCUT2D eigenvalue weighted by Crippen LogP contribution is 2.41. The Kier molecular flexibility index (Phi) is 4.60. The van der Waals surface area contributed by atoms with Gasteiger partial charge in [0.1, 0.15) is 6.04 Å². The zero-order valence-electron chi connectivity index (χ0n) is 13.7. The highest BCUT2D eigenvalue weighted by Gasteiger charge is 2.48. The Labute approximate surface area is 136 Å². The minimum absolute atomic E-state index is 0.00926. The number of carboxylic acid groups (broad SMARTS) is 1. The molecule has 0 aromatic heterocycles. The van der Waals surface area contributed by atoms with Gasteiger partial charge in [0.15, 0.2) is 0 Å². The number of amides is 2. The Hall–Kier alpha value is -1.59. The molecule has 0 aromatic rings. The lowest BCUT2D eigenvalue weighted by Crippen LogP contribution is -2.50. The second kappa shape index (κ2) is 6.49. The molecule has 2 saturated heterocycles. The molecule has 128 valence electrons. The summed E-state index contributed by atoms with van der Waals surface area (Å²) in [5, 5.41) is 9.55. The maximum Gasteiger partial charge on any atom is 0.326 e. The summed E-state index contributed by atoms with van der Waals surface area (Å²) in [5.41, 5.74) is 0. The first-order chi connectivity index (χ1) is 11.0. The van der Waals surface area contributed by atoms with Gasteiger partial charge in [-0.2, -0.15) is 0 Å². The molecule has 0 spiro atoms. The first-order valence-electron chi connectivity index (χ1n) is 8.79. The molecule has 23 heavy (non-hydrogen) atoms. The molecule has 2 amide bonds. The van der Waals surface area contributed by atoms with E-state index in [1.807, 2.05) is 0 Å². The van der Waals surface area contributed by atoms with Crippen LogP contribution in [0.5, 0.6) is 0 Å². The molecule has 3 rings (SSSR count). The van der Waals surface area contributed by atoms with Crippen LogP contribution in [0.15, 0.2) is 0 Å². The molecule has 3 atom stereocenters. The normalized spacial score (nSPS) is 31.8. The van der Waals surface area contributed by atoms with Crippen molar-refractivity contribution in [3.8, 4) is 0 Å². The van der Waals surface area contributed by atoms with E-state index in [-0.39, 0.29) is 23.8 Å². The van der Waals surface area contributed by atoms with Gasteiger partial charge in [0.25, 0.3) is 0 Å². The Morgan fingerprint density at radius 2 is 1.65 bits per heavy atom. The second-order valence-corrected chi connectivity index (χ2v) is 7.23. The zero-order valence-corrected chi connectivity index (χ0v) is 13.7. The lowest BCUT2D eigenvalue weighted by Gasteiger charge is -2.37. The highest BCUT2D eigenvalue weighted by atomic mass is 16.4. The van der Waals surface area contributed by atoms with Crippen molar-refractivity contribution >= 4 is 17.8 Å². The monoisotopic (exact) mass is 322 g/mol. The molecule has 0 aromatic carbocycles. The molecule has 0 unspecified atom stereocenters. The molecule has 2 heterocycles. The summed E-state index contributed by atoms with van der Waals surface area (Å²) in [6.07, 6.45) is 6.12. The van der Waals surface area contributed by atoms with Crippen LogP contribution in [0.2, 0.25) is 0 Å². The van der Waals surface area contributed by atoms with Gasteiger partial charge in [-0.15, -0.1) is 0 Å². The summed E-state index contributed by atoms with van der Waals surface area (Å²) >= 11 is 0. The molecule has 0 bridgehead atoms. The number of fused-ring (bicyclic) bond motifs is 1. The van der Waals surface area contributed by atoms with E-state index in [0.29, 0.717) is 38.3 Å². The molecule has 3 fully saturated rings. The van der Waals surface area contributed by atoms with Crippen LogP contribution in [-0.2, 0) is 14.4 Å². The Morgan fingerprint density at radius 3 is 2.26 bits per heavy atom. The van der Waals surface area contributed by atoms with Gasteiger partial charge in [-0.05, 0) is 38.0 Å². The summed E-state index contributed by atoms with van der Waals surface area (Å²) in [6, 6.07) is -0.537. The van der Waals surface area contributed by atoms with Crippen molar-refractivity contribution in [2.24, 2.45) is 11.8 Å². The molecule has 0 radical (unpaired) electrons. The lowest BCUT2D eigenvalue weighted by atomic mass is 9.84. The van der Waals surface area contributed by atoms with Crippen LogP contribution in [-0.4, -0.2) is 57.9 Å². The van der Waals surface area contributed by atoms with Crippen molar-refractivity contribution in [1.29, 1.82) is 0 Å². The van der Waals surface area contributed by atoms with E-state index in [1.54, 1.807) is 16.7 Å². The van der Waals surface area contributed by atoms with Crippen molar-refractivity contribution in [1.82, 2.24) is 9.80 Å². The molecular weight excluding hydrogens is 296 g/mol. The maximum absolute atomic E-state index is 13.0. The van der Waals surface area contributed by atoms with Gasteiger partial charge in [-0.1, -0.05) is 12.8 Å². The number of carbonyl (C=O) groups excluding carboxylic acids is 2. The van der Waals surface area contributed by atoms with Gasteiger partial charge < -0.3 is 14.9 Å². The minimum atomic E-state index is -0.867. The van der Waals surface area contributed by atoms with Crippen LogP contribution in [0.25, 0.3) is 0 Å². The fourth-order valence-corrected chi connectivity index (χ4v) is 4.65. The summed E-state index contributed by atoms with van der Waals surface area (Å²) in [4.78, 5) is 39.5. The van der Waals surface area contributed by atoms with E-state index in [0.717, 1.165) is 25.7 Å². The van der Waals surface area contributed by atoms with Crippen molar-refractivity contribution in [3.05, 3.63) is 0 Å². The van der Waals surface area contributed by atoms with Crippen molar-refractivity contribution in [2.75, 3.05) is 13.1 Å². The number of hydrogen-bond donors (Lipinski definition) is 1. The second-order valence-electron chi connectivity index (χ2n) is 7.23. The summed E-state index contributed by atoms with van der Waals surface area (Å²) in [6.45, 7) is 2.76. The first kappa shape index (κ1) is 16.3. The standard InChI is InChI=1S/C17H26N2O4/c1-11(20)18-8-6-12(7-9-18)16(21)19-14-5-3-2-4-13(14)10-15(19)17(22)23/h12-15H,2-10H2,1H3,(H,22,23)/t13-,14-,15-/m0/s1. The molecule has 6 heteroatoms. The van der Waals surface area contributed by atoms with E-state index >= 15 is 0 Å². The van der Waals surface area contributed by atoms with Crippen molar-refractivity contribution in [3.63, 3.8) is 0 Å². The number of likely N-dealkylation sites (tertiary alicyclic amines) is 2. The van der Waals surface area contributed by atoms with Gasteiger partial charge in [0, 0.05) is 32.0 Å². The molecule has 1 saturated carbocycles. The number of carboxylic acids is 1. The third kappa shape index (κ3) is 3.08. The molecule has 1 aliphatic carbocycles. The van der Waals surface area contributed by atoms with Gasteiger partial charge in [-0.25, -0.2) is 4.79 Å². The number of nitrogens with zero attached hydrogens (tertiary/aromatic N) is 2. The number of carbonyl (C=O) groups is 3. The van der Waals surface area contributed by atoms with Gasteiger partial charge >= 0.3 is 5.97 Å². The first-order valence-corrected chi connectivity index (χ1v) is 8.79. The lowest BCUT2D eigenvalue weighted by molar-refractivity contribution is -0.153.